The summed E-state index contributed by atoms with van der Waals surface area (Å²) >= 11 is 0. The Bertz CT molecular complexity index is 806. The van der Waals surface area contributed by atoms with Crippen molar-refractivity contribution in [3.63, 3.8) is 0 Å². The second-order valence-corrected chi connectivity index (χ2v) is 11.6. The summed E-state index contributed by atoms with van der Waals surface area (Å²) in [6.45, 7) is 7.46. The number of carbonyl (C=O) groups is 1. The molecule has 5 rings (SSSR count). The third-order valence-electron chi connectivity index (χ3n) is 10.6. The normalized spacial score (nSPS) is 46.5. The first kappa shape index (κ1) is 21.5. The largest absolute Gasteiger partial charge is 0.458 e. The van der Waals surface area contributed by atoms with Crippen molar-refractivity contribution in [2.24, 2.45) is 40.4 Å². The fourth-order valence-corrected chi connectivity index (χ4v) is 8.98. The molecule has 170 valence electrons. The molecule has 0 heterocycles. The Balaban J connectivity index is 1.32. The maximum atomic E-state index is 12.7. The number of hydrogen-bond donors (Lipinski definition) is 0. The van der Waals surface area contributed by atoms with E-state index in [-0.39, 0.29) is 12.1 Å². The maximum Gasteiger partial charge on any atom is 0.338 e. The molecule has 0 saturated heterocycles. The molecule has 4 aliphatic rings. The lowest BCUT2D eigenvalue weighted by Gasteiger charge is -2.62. The molecule has 1 aromatic rings. The first-order valence-electron chi connectivity index (χ1n) is 12.7. The van der Waals surface area contributed by atoms with Gasteiger partial charge in [-0.15, -0.1) is 0 Å². The maximum absolute atomic E-state index is 12.7. The molecule has 0 amide bonds. The first-order chi connectivity index (χ1) is 14.9. The van der Waals surface area contributed by atoms with E-state index in [4.69, 9.17) is 9.47 Å². The Morgan fingerprint density at radius 1 is 0.871 bits per heavy atom. The van der Waals surface area contributed by atoms with E-state index in [1.165, 1.54) is 44.9 Å². The minimum atomic E-state index is -0.153. The van der Waals surface area contributed by atoms with E-state index in [1.54, 1.807) is 0 Å². The van der Waals surface area contributed by atoms with E-state index in [0.717, 1.165) is 24.2 Å². The number of ether oxygens (including phenoxy) is 2. The number of methoxy groups -OCH3 is 1. The zero-order chi connectivity index (χ0) is 21.8. The van der Waals surface area contributed by atoms with Gasteiger partial charge in [-0.3, -0.25) is 0 Å². The highest BCUT2D eigenvalue weighted by atomic mass is 16.5. The molecule has 9 atom stereocenters. The van der Waals surface area contributed by atoms with Gasteiger partial charge >= 0.3 is 5.97 Å². The SMILES string of the molecule is CO[C@H]1CC[C@H]2[C@@H]3CC[C@H]4[C@@H](C)[C@H](OC(=O)c5ccccc5)CC[C@]4(C)[C@H]3CC[C@]12C. The van der Waals surface area contributed by atoms with Gasteiger partial charge < -0.3 is 9.47 Å². The average Bonchev–Trinajstić information content (AvgIpc) is 3.12. The van der Waals surface area contributed by atoms with Crippen LogP contribution < -0.4 is 0 Å². The standard InChI is InChI=1S/C28H40O3/c1-18-21-11-10-20-22-12-13-25(30-4)28(22,3)16-14-23(20)27(21,2)17-15-24(18)31-26(29)19-8-6-5-7-9-19/h5-9,18,20-25H,10-17H2,1-4H3/t18-,20+,21+,22+,23+,24-,25+,27+,28+/m1/s1. The van der Waals surface area contributed by atoms with Gasteiger partial charge in [0.15, 0.2) is 0 Å². The van der Waals surface area contributed by atoms with Gasteiger partial charge in [-0.05, 0) is 104 Å². The number of rotatable bonds is 3. The minimum absolute atomic E-state index is 0.0561. The lowest BCUT2D eigenvalue weighted by molar-refractivity contribution is -0.155. The van der Waals surface area contributed by atoms with E-state index in [9.17, 15) is 4.79 Å². The Morgan fingerprint density at radius 3 is 2.29 bits per heavy atom. The quantitative estimate of drug-likeness (QED) is 0.518. The average molecular weight is 425 g/mol. The van der Waals surface area contributed by atoms with Crippen LogP contribution >= 0.6 is 0 Å². The van der Waals surface area contributed by atoms with Gasteiger partial charge in [0, 0.05) is 7.11 Å². The van der Waals surface area contributed by atoms with Crippen molar-refractivity contribution in [3.8, 4) is 0 Å². The second kappa shape index (κ2) is 7.90. The summed E-state index contributed by atoms with van der Waals surface area (Å²) in [5.41, 5.74) is 1.45. The zero-order valence-corrected chi connectivity index (χ0v) is 19.8. The molecule has 0 bridgehead atoms. The monoisotopic (exact) mass is 424 g/mol. The Hall–Kier alpha value is -1.35. The number of carbonyl (C=O) groups excluding carboxylic acids is 1. The van der Waals surface area contributed by atoms with Crippen molar-refractivity contribution in [3.05, 3.63) is 35.9 Å². The van der Waals surface area contributed by atoms with E-state index in [0.29, 0.717) is 34.3 Å². The molecule has 31 heavy (non-hydrogen) atoms. The molecule has 4 fully saturated rings. The van der Waals surface area contributed by atoms with Crippen LogP contribution in [0.3, 0.4) is 0 Å². The Labute approximate surface area is 188 Å². The fourth-order valence-electron chi connectivity index (χ4n) is 8.98. The number of esters is 1. The van der Waals surface area contributed by atoms with E-state index < -0.39 is 0 Å². The topological polar surface area (TPSA) is 35.5 Å². The molecule has 0 radical (unpaired) electrons. The first-order valence-corrected chi connectivity index (χ1v) is 12.7. The lowest BCUT2D eigenvalue weighted by atomic mass is 9.43. The summed E-state index contributed by atoms with van der Waals surface area (Å²) in [6, 6.07) is 9.48. The van der Waals surface area contributed by atoms with Crippen LogP contribution in [0.2, 0.25) is 0 Å². The summed E-state index contributed by atoms with van der Waals surface area (Å²) < 4.78 is 12.0. The van der Waals surface area contributed by atoms with Gasteiger partial charge in [0.25, 0.3) is 0 Å². The van der Waals surface area contributed by atoms with Gasteiger partial charge in [0.05, 0.1) is 11.7 Å². The molecule has 0 spiro atoms. The molecular weight excluding hydrogens is 384 g/mol. The molecule has 0 N–H and O–H groups in total. The molecule has 3 heteroatoms. The predicted molar refractivity (Wildman–Crippen MR) is 123 cm³/mol. The highest BCUT2D eigenvalue weighted by Gasteiger charge is 2.61. The van der Waals surface area contributed by atoms with Crippen LogP contribution in [-0.2, 0) is 9.47 Å². The number of benzene rings is 1. The smallest absolute Gasteiger partial charge is 0.338 e. The van der Waals surface area contributed by atoms with Crippen molar-refractivity contribution in [1.29, 1.82) is 0 Å². The molecule has 3 nitrogen and oxygen atoms in total. The van der Waals surface area contributed by atoms with Crippen molar-refractivity contribution in [1.82, 2.24) is 0 Å². The third-order valence-corrected chi connectivity index (χ3v) is 10.6. The molecule has 4 saturated carbocycles. The highest BCUT2D eigenvalue weighted by Crippen LogP contribution is 2.67. The van der Waals surface area contributed by atoms with Gasteiger partial charge in [0.2, 0.25) is 0 Å². The van der Waals surface area contributed by atoms with Crippen LogP contribution in [0.15, 0.2) is 30.3 Å². The fraction of sp³-hybridized carbons (Fsp3) is 0.750. The van der Waals surface area contributed by atoms with Crippen molar-refractivity contribution >= 4 is 5.97 Å². The molecular formula is C28H40O3. The van der Waals surface area contributed by atoms with Crippen LogP contribution in [0.4, 0.5) is 0 Å². The summed E-state index contributed by atoms with van der Waals surface area (Å²) in [5.74, 6) is 3.47. The van der Waals surface area contributed by atoms with Gasteiger partial charge in [-0.2, -0.15) is 0 Å². The molecule has 0 unspecified atom stereocenters. The van der Waals surface area contributed by atoms with Crippen molar-refractivity contribution in [2.45, 2.75) is 84.3 Å². The molecule has 1 aromatic carbocycles. The minimum Gasteiger partial charge on any atom is -0.458 e. The van der Waals surface area contributed by atoms with Crippen LogP contribution in [0.1, 0.15) is 82.5 Å². The van der Waals surface area contributed by atoms with Crippen LogP contribution in [-0.4, -0.2) is 25.3 Å². The van der Waals surface area contributed by atoms with Crippen molar-refractivity contribution in [2.75, 3.05) is 7.11 Å². The third kappa shape index (κ3) is 3.29. The lowest BCUT2D eigenvalue weighted by Crippen LogP contribution is -2.57. The summed E-state index contributed by atoms with van der Waals surface area (Å²) in [7, 11) is 1.92. The van der Waals surface area contributed by atoms with Crippen molar-refractivity contribution < 1.29 is 14.3 Å². The van der Waals surface area contributed by atoms with Crippen LogP contribution in [0.5, 0.6) is 0 Å². The Kier molecular flexibility index (Phi) is 5.48. The Morgan fingerprint density at radius 2 is 1.55 bits per heavy atom. The zero-order valence-electron chi connectivity index (χ0n) is 19.8. The van der Waals surface area contributed by atoms with Gasteiger partial charge in [0.1, 0.15) is 6.10 Å². The van der Waals surface area contributed by atoms with Crippen LogP contribution in [0.25, 0.3) is 0 Å². The number of hydrogen-bond acceptors (Lipinski definition) is 3. The molecule has 0 aliphatic heterocycles. The van der Waals surface area contributed by atoms with Crippen LogP contribution in [0, 0.1) is 40.4 Å². The number of fused-ring (bicyclic) bond motifs is 5. The molecule has 4 aliphatic carbocycles. The predicted octanol–water partition coefficient (Wildman–Crippen LogP) is 6.52. The van der Waals surface area contributed by atoms with E-state index in [1.807, 2.05) is 37.4 Å². The van der Waals surface area contributed by atoms with E-state index >= 15 is 0 Å². The van der Waals surface area contributed by atoms with Gasteiger partial charge in [-0.25, -0.2) is 4.79 Å². The second-order valence-electron chi connectivity index (χ2n) is 11.6. The summed E-state index contributed by atoms with van der Waals surface area (Å²) in [4.78, 5) is 12.7. The summed E-state index contributed by atoms with van der Waals surface area (Å²) in [5, 5.41) is 0. The summed E-state index contributed by atoms with van der Waals surface area (Å²) in [6.07, 6.45) is 10.6. The van der Waals surface area contributed by atoms with Gasteiger partial charge in [-0.1, -0.05) is 39.0 Å². The highest BCUT2D eigenvalue weighted by molar-refractivity contribution is 5.89. The van der Waals surface area contributed by atoms with E-state index in [2.05, 4.69) is 20.8 Å². The molecule has 0 aromatic heterocycles.